The van der Waals surface area contributed by atoms with Crippen molar-refractivity contribution in [1.29, 1.82) is 0 Å². The fourth-order valence-corrected chi connectivity index (χ4v) is 2.83. The highest BCUT2D eigenvalue weighted by Crippen LogP contribution is 2.27. The van der Waals surface area contributed by atoms with Crippen LogP contribution in [0.3, 0.4) is 0 Å². The summed E-state index contributed by atoms with van der Waals surface area (Å²) < 4.78 is 0. The predicted octanol–water partition coefficient (Wildman–Crippen LogP) is 4.26. The van der Waals surface area contributed by atoms with Gasteiger partial charge in [0.1, 0.15) is 5.82 Å². The van der Waals surface area contributed by atoms with E-state index in [0.717, 1.165) is 30.3 Å². The van der Waals surface area contributed by atoms with Crippen LogP contribution in [0, 0.1) is 13.8 Å². The number of nitrogens with one attached hydrogen (secondary N) is 2. The first-order valence-corrected chi connectivity index (χ1v) is 8.84. The smallest absolute Gasteiger partial charge is 0.229 e. The first kappa shape index (κ1) is 16.6. The van der Waals surface area contributed by atoms with Gasteiger partial charge in [-0.15, -0.1) is 0 Å². The lowest BCUT2D eigenvalue weighted by Gasteiger charge is -2.22. The number of rotatable bonds is 7. The minimum atomic E-state index is 0.585. The third-order valence-corrected chi connectivity index (χ3v) is 4.37. The number of hydrogen-bond acceptors (Lipinski definition) is 5. The highest BCUT2D eigenvalue weighted by atomic mass is 15.2. The van der Waals surface area contributed by atoms with E-state index in [-0.39, 0.29) is 0 Å². The normalized spacial score (nSPS) is 13.7. The summed E-state index contributed by atoms with van der Waals surface area (Å²) >= 11 is 0. The quantitative estimate of drug-likeness (QED) is 0.797. The van der Waals surface area contributed by atoms with E-state index in [0.29, 0.717) is 12.0 Å². The monoisotopic (exact) mass is 325 g/mol. The largest absolute Gasteiger partial charge is 0.372 e. The van der Waals surface area contributed by atoms with Gasteiger partial charge in [0.2, 0.25) is 5.95 Å². The third-order valence-electron chi connectivity index (χ3n) is 4.37. The molecular formula is C19H27N5. The lowest BCUT2D eigenvalue weighted by molar-refractivity contribution is 0.866. The van der Waals surface area contributed by atoms with Crippen LogP contribution in [0.25, 0.3) is 0 Å². The minimum absolute atomic E-state index is 0.585. The molecule has 0 amide bonds. The van der Waals surface area contributed by atoms with Crippen LogP contribution < -0.4 is 15.5 Å². The van der Waals surface area contributed by atoms with Crippen molar-refractivity contribution >= 4 is 23.1 Å². The zero-order valence-electron chi connectivity index (χ0n) is 15.1. The third kappa shape index (κ3) is 3.96. The predicted molar refractivity (Wildman–Crippen MR) is 101 cm³/mol. The first-order valence-electron chi connectivity index (χ1n) is 8.84. The molecule has 1 saturated carbocycles. The Morgan fingerprint density at radius 3 is 2.46 bits per heavy atom. The molecule has 5 nitrogen and oxygen atoms in total. The summed E-state index contributed by atoms with van der Waals surface area (Å²) in [6.07, 6.45) is 2.47. The molecule has 1 aromatic heterocycles. The zero-order valence-corrected chi connectivity index (χ0v) is 15.1. The molecule has 0 atom stereocenters. The second-order valence-electron chi connectivity index (χ2n) is 6.43. The van der Waals surface area contributed by atoms with Gasteiger partial charge < -0.3 is 15.5 Å². The molecule has 0 bridgehead atoms. The first-order chi connectivity index (χ1) is 11.6. The van der Waals surface area contributed by atoms with E-state index in [1.165, 1.54) is 24.1 Å². The van der Waals surface area contributed by atoms with Crippen LogP contribution in [0.4, 0.5) is 23.1 Å². The Morgan fingerprint density at radius 1 is 1.08 bits per heavy atom. The van der Waals surface area contributed by atoms with Gasteiger partial charge in [-0.2, -0.15) is 4.98 Å². The SMILES string of the molecule is CCN(CC)c1ccc(Nc2nc(C)cc(NC3CC3)n2)c(C)c1. The molecule has 3 rings (SSSR count). The molecule has 0 unspecified atom stereocenters. The van der Waals surface area contributed by atoms with Gasteiger partial charge in [0.15, 0.2) is 0 Å². The van der Waals surface area contributed by atoms with Gasteiger partial charge in [-0.25, -0.2) is 4.98 Å². The Balaban J connectivity index is 1.79. The summed E-state index contributed by atoms with van der Waals surface area (Å²) in [6.45, 7) is 10.5. The molecule has 24 heavy (non-hydrogen) atoms. The maximum Gasteiger partial charge on any atom is 0.229 e. The molecule has 2 N–H and O–H groups in total. The van der Waals surface area contributed by atoms with Crippen LogP contribution in [-0.2, 0) is 0 Å². The Hall–Kier alpha value is -2.30. The average Bonchev–Trinajstić information content (AvgIpc) is 3.34. The van der Waals surface area contributed by atoms with E-state index in [1.54, 1.807) is 0 Å². The fraction of sp³-hybridized carbons (Fsp3) is 0.474. The van der Waals surface area contributed by atoms with E-state index in [1.807, 2.05) is 13.0 Å². The van der Waals surface area contributed by atoms with Gasteiger partial charge >= 0.3 is 0 Å². The number of benzene rings is 1. The Kier molecular flexibility index (Phi) is 4.88. The van der Waals surface area contributed by atoms with Crippen LogP contribution in [0.2, 0.25) is 0 Å². The molecule has 0 aliphatic heterocycles. The van der Waals surface area contributed by atoms with Crippen LogP contribution in [0.15, 0.2) is 24.3 Å². The van der Waals surface area contributed by atoms with E-state index in [9.17, 15) is 0 Å². The van der Waals surface area contributed by atoms with E-state index < -0.39 is 0 Å². The maximum atomic E-state index is 4.60. The second-order valence-corrected chi connectivity index (χ2v) is 6.43. The molecule has 1 fully saturated rings. The Labute approximate surface area is 144 Å². The lowest BCUT2D eigenvalue weighted by Crippen LogP contribution is -2.21. The average molecular weight is 325 g/mol. The Morgan fingerprint density at radius 2 is 1.83 bits per heavy atom. The van der Waals surface area contributed by atoms with Crippen LogP contribution in [0.5, 0.6) is 0 Å². The summed E-state index contributed by atoms with van der Waals surface area (Å²) in [5.74, 6) is 1.56. The highest BCUT2D eigenvalue weighted by Gasteiger charge is 2.21. The second kappa shape index (κ2) is 7.07. The van der Waals surface area contributed by atoms with Crippen LogP contribution in [0.1, 0.15) is 37.9 Å². The van der Waals surface area contributed by atoms with Crippen molar-refractivity contribution in [2.24, 2.45) is 0 Å². The number of anilines is 4. The molecule has 1 aromatic carbocycles. The molecule has 0 radical (unpaired) electrons. The lowest BCUT2D eigenvalue weighted by atomic mass is 10.1. The van der Waals surface area contributed by atoms with E-state index >= 15 is 0 Å². The number of aromatic nitrogens is 2. The molecule has 1 aliphatic rings. The van der Waals surface area contributed by atoms with E-state index in [4.69, 9.17) is 0 Å². The molecule has 0 saturated heterocycles. The molecule has 0 spiro atoms. The van der Waals surface area contributed by atoms with Gasteiger partial charge in [-0.05, 0) is 64.3 Å². The van der Waals surface area contributed by atoms with Crippen molar-refractivity contribution in [3.63, 3.8) is 0 Å². The van der Waals surface area contributed by atoms with Crippen LogP contribution in [-0.4, -0.2) is 29.1 Å². The van der Waals surface area contributed by atoms with Gasteiger partial charge in [-0.3, -0.25) is 0 Å². The zero-order chi connectivity index (χ0) is 17.1. The molecule has 1 heterocycles. The summed E-state index contributed by atoms with van der Waals surface area (Å²) in [5.41, 5.74) is 4.47. The molecule has 2 aromatic rings. The van der Waals surface area contributed by atoms with Crippen molar-refractivity contribution in [3.05, 3.63) is 35.5 Å². The summed E-state index contributed by atoms with van der Waals surface area (Å²) in [4.78, 5) is 11.5. The number of nitrogens with zero attached hydrogens (tertiary/aromatic N) is 3. The maximum absolute atomic E-state index is 4.60. The van der Waals surface area contributed by atoms with Crippen molar-refractivity contribution in [3.8, 4) is 0 Å². The highest BCUT2D eigenvalue weighted by molar-refractivity contribution is 5.64. The summed E-state index contributed by atoms with van der Waals surface area (Å²) in [7, 11) is 0. The molecule has 5 heteroatoms. The molecule has 128 valence electrons. The van der Waals surface area contributed by atoms with Gasteiger partial charge in [0.25, 0.3) is 0 Å². The van der Waals surface area contributed by atoms with Gasteiger partial charge in [0, 0.05) is 42.3 Å². The van der Waals surface area contributed by atoms with Crippen molar-refractivity contribution < 1.29 is 0 Å². The minimum Gasteiger partial charge on any atom is -0.372 e. The molecular weight excluding hydrogens is 298 g/mol. The topological polar surface area (TPSA) is 53.1 Å². The van der Waals surface area contributed by atoms with E-state index in [2.05, 4.69) is 64.5 Å². The summed E-state index contributed by atoms with van der Waals surface area (Å²) in [5, 5.41) is 6.81. The number of aryl methyl sites for hydroxylation is 2. The van der Waals surface area contributed by atoms with Gasteiger partial charge in [0.05, 0.1) is 0 Å². The molecule has 1 aliphatic carbocycles. The fourth-order valence-electron chi connectivity index (χ4n) is 2.83. The van der Waals surface area contributed by atoms with Crippen molar-refractivity contribution in [2.45, 2.75) is 46.6 Å². The van der Waals surface area contributed by atoms with Crippen molar-refractivity contribution in [2.75, 3.05) is 28.6 Å². The number of hydrogen-bond donors (Lipinski definition) is 2. The van der Waals surface area contributed by atoms with Crippen molar-refractivity contribution in [1.82, 2.24) is 9.97 Å². The Bertz CT molecular complexity index is 705. The van der Waals surface area contributed by atoms with Gasteiger partial charge in [-0.1, -0.05) is 0 Å². The van der Waals surface area contributed by atoms with Crippen LogP contribution >= 0.6 is 0 Å². The summed E-state index contributed by atoms with van der Waals surface area (Å²) in [6, 6.07) is 9.07. The standard InChI is InChI=1S/C19H27N5/c1-5-24(6-2)16-9-10-17(13(3)11-16)22-19-20-14(4)12-18(23-19)21-15-7-8-15/h9-12,15H,5-8H2,1-4H3,(H2,20,21,22,23).